The lowest BCUT2D eigenvalue weighted by molar-refractivity contribution is -0.120. The second-order valence-corrected chi connectivity index (χ2v) is 6.29. The molecule has 0 fully saturated rings. The standard InChI is InChI=1S/C15H17N7O2S/c1-8-4-9(2)18-14(17-8)21-15-20-11(7-25-15)5-12(23)16-6-13-19-10(3)22-24-13/h4,7H,5-6H2,1-3H3,(H,16,23)(H,17,18,20,21). The predicted octanol–water partition coefficient (Wildman–Crippen LogP) is 1.84. The van der Waals surface area contributed by atoms with Crippen molar-refractivity contribution in [1.29, 1.82) is 0 Å². The van der Waals surface area contributed by atoms with Crippen LogP contribution in [0.4, 0.5) is 11.1 Å². The Bertz CT molecular complexity index is 869. The molecule has 10 heteroatoms. The van der Waals surface area contributed by atoms with Crippen molar-refractivity contribution in [3.05, 3.63) is 40.2 Å². The van der Waals surface area contributed by atoms with E-state index in [9.17, 15) is 4.79 Å². The lowest BCUT2D eigenvalue weighted by Crippen LogP contribution is -2.24. The molecule has 0 saturated carbocycles. The zero-order chi connectivity index (χ0) is 17.8. The van der Waals surface area contributed by atoms with Gasteiger partial charge in [0.1, 0.15) is 0 Å². The summed E-state index contributed by atoms with van der Waals surface area (Å²) in [5.74, 6) is 1.23. The number of rotatable bonds is 6. The first-order valence-corrected chi connectivity index (χ1v) is 8.45. The smallest absolute Gasteiger partial charge is 0.246 e. The van der Waals surface area contributed by atoms with Crippen LogP contribution in [0.25, 0.3) is 0 Å². The van der Waals surface area contributed by atoms with Crippen molar-refractivity contribution in [3.63, 3.8) is 0 Å². The Kier molecular flexibility index (Phi) is 4.98. The molecule has 0 aliphatic carbocycles. The summed E-state index contributed by atoms with van der Waals surface area (Å²) >= 11 is 1.39. The fourth-order valence-corrected chi connectivity index (χ4v) is 2.84. The average molecular weight is 359 g/mol. The van der Waals surface area contributed by atoms with Crippen molar-refractivity contribution >= 4 is 28.3 Å². The molecule has 0 aromatic carbocycles. The van der Waals surface area contributed by atoms with Crippen LogP contribution in [-0.2, 0) is 17.8 Å². The Morgan fingerprint density at radius 2 is 1.92 bits per heavy atom. The van der Waals surface area contributed by atoms with Gasteiger partial charge < -0.3 is 15.2 Å². The highest BCUT2D eigenvalue weighted by molar-refractivity contribution is 7.13. The van der Waals surface area contributed by atoms with Gasteiger partial charge in [0, 0.05) is 16.8 Å². The predicted molar refractivity (Wildman–Crippen MR) is 91.5 cm³/mol. The third kappa shape index (κ3) is 4.80. The average Bonchev–Trinajstić information content (AvgIpc) is 3.13. The van der Waals surface area contributed by atoms with Crippen molar-refractivity contribution in [2.45, 2.75) is 33.7 Å². The summed E-state index contributed by atoms with van der Waals surface area (Å²) in [7, 11) is 0. The van der Waals surface area contributed by atoms with Crippen molar-refractivity contribution in [1.82, 2.24) is 30.4 Å². The van der Waals surface area contributed by atoms with Gasteiger partial charge in [0.15, 0.2) is 11.0 Å². The Balaban J connectivity index is 1.54. The molecule has 0 aliphatic heterocycles. The molecule has 0 saturated heterocycles. The van der Waals surface area contributed by atoms with Crippen LogP contribution in [0.5, 0.6) is 0 Å². The van der Waals surface area contributed by atoms with Crippen LogP contribution in [0, 0.1) is 20.8 Å². The van der Waals surface area contributed by atoms with Gasteiger partial charge in [-0.15, -0.1) is 11.3 Å². The van der Waals surface area contributed by atoms with Crippen LogP contribution in [0.3, 0.4) is 0 Å². The van der Waals surface area contributed by atoms with Crippen LogP contribution in [0.15, 0.2) is 16.0 Å². The van der Waals surface area contributed by atoms with Gasteiger partial charge >= 0.3 is 0 Å². The van der Waals surface area contributed by atoms with Crippen LogP contribution < -0.4 is 10.6 Å². The summed E-state index contributed by atoms with van der Waals surface area (Å²) in [6, 6.07) is 1.90. The molecule has 3 aromatic rings. The molecule has 3 aromatic heterocycles. The molecular formula is C15H17N7O2S. The number of anilines is 2. The van der Waals surface area contributed by atoms with Crippen LogP contribution in [0.1, 0.15) is 28.8 Å². The van der Waals surface area contributed by atoms with Gasteiger partial charge in [0.05, 0.1) is 18.7 Å². The lowest BCUT2D eigenvalue weighted by Gasteiger charge is -2.03. The first-order chi connectivity index (χ1) is 12.0. The monoisotopic (exact) mass is 359 g/mol. The molecule has 9 nitrogen and oxygen atoms in total. The number of hydrogen-bond acceptors (Lipinski definition) is 9. The second kappa shape index (κ2) is 7.34. The van der Waals surface area contributed by atoms with Crippen LogP contribution in [0.2, 0.25) is 0 Å². The minimum atomic E-state index is -0.171. The van der Waals surface area contributed by atoms with E-state index in [0.717, 1.165) is 11.4 Å². The highest BCUT2D eigenvalue weighted by Gasteiger charge is 2.10. The number of hydrogen-bond donors (Lipinski definition) is 2. The number of carbonyl (C=O) groups is 1. The summed E-state index contributed by atoms with van der Waals surface area (Å²) in [6.07, 6.45) is 0.166. The molecule has 25 heavy (non-hydrogen) atoms. The summed E-state index contributed by atoms with van der Waals surface area (Å²) < 4.78 is 4.94. The van der Waals surface area contributed by atoms with Crippen molar-refractivity contribution in [3.8, 4) is 0 Å². The van der Waals surface area contributed by atoms with E-state index < -0.39 is 0 Å². The molecule has 0 bridgehead atoms. The number of amides is 1. The van der Waals surface area contributed by atoms with Gasteiger partial charge in [-0.1, -0.05) is 5.16 Å². The third-order valence-corrected chi connectivity index (χ3v) is 3.91. The third-order valence-electron chi connectivity index (χ3n) is 3.10. The fourth-order valence-electron chi connectivity index (χ4n) is 2.14. The molecule has 3 heterocycles. The maximum absolute atomic E-state index is 12.0. The lowest BCUT2D eigenvalue weighted by atomic mass is 10.3. The molecule has 0 radical (unpaired) electrons. The van der Waals surface area contributed by atoms with Crippen molar-refractivity contribution in [2.24, 2.45) is 0 Å². The van der Waals surface area contributed by atoms with E-state index in [1.807, 2.05) is 25.3 Å². The van der Waals surface area contributed by atoms with Gasteiger partial charge in [-0.05, 0) is 26.8 Å². The maximum atomic E-state index is 12.0. The van der Waals surface area contributed by atoms with Gasteiger partial charge in [-0.3, -0.25) is 4.79 Å². The van der Waals surface area contributed by atoms with E-state index in [0.29, 0.717) is 28.5 Å². The van der Waals surface area contributed by atoms with Gasteiger partial charge in [-0.2, -0.15) is 4.98 Å². The zero-order valence-corrected chi connectivity index (χ0v) is 14.8. The normalized spacial score (nSPS) is 10.7. The minimum absolute atomic E-state index is 0.166. The molecular weight excluding hydrogens is 342 g/mol. The Morgan fingerprint density at radius 1 is 1.16 bits per heavy atom. The van der Waals surface area contributed by atoms with E-state index in [1.165, 1.54) is 11.3 Å². The number of aromatic nitrogens is 5. The first-order valence-electron chi connectivity index (χ1n) is 7.57. The van der Waals surface area contributed by atoms with Gasteiger partial charge in [-0.25, -0.2) is 15.0 Å². The quantitative estimate of drug-likeness (QED) is 0.684. The van der Waals surface area contributed by atoms with E-state index in [4.69, 9.17) is 4.52 Å². The number of thiazole rings is 1. The first kappa shape index (κ1) is 17.0. The van der Waals surface area contributed by atoms with E-state index in [1.54, 1.807) is 6.92 Å². The number of carbonyl (C=O) groups excluding carboxylic acids is 1. The van der Waals surface area contributed by atoms with Crippen LogP contribution in [-0.4, -0.2) is 31.0 Å². The highest BCUT2D eigenvalue weighted by atomic mass is 32.1. The molecule has 130 valence electrons. The summed E-state index contributed by atoms with van der Waals surface area (Å²) in [5, 5.41) is 11.9. The Labute approximate surface area is 147 Å². The molecule has 0 atom stereocenters. The number of nitrogens with zero attached hydrogens (tertiary/aromatic N) is 5. The minimum Gasteiger partial charge on any atom is -0.347 e. The molecule has 2 N–H and O–H groups in total. The second-order valence-electron chi connectivity index (χ2n) is 5.43. The van der Waals surface area contributed by atoms with Gasteiger partial charge in [0.25, 0.3) is 0 Å². The van der Waals surface area contributed by atoms with Gasteiger partial charge in [0.2, 0.25) is 17.7 Å². The summed E-state index contributed by atoms with van der Waals surface area (Å²) in [5.41, 5.74) is 2.42. The van der Waals surface area contributed by atoms with E-state index in [2.05, 4.69) is 35.7 Å². The molecule has 3 rings (SSSR count). The number of nitrogens with one attached hydrogen (secondary N) is 2. The summed E-state index contributed by atoms with van der Waals surface area (Å²) in [4.78, 5) is 29.0. The molecule has 0 spiro atoms. The largest absolute Gasteiger partial charge is 0.347 e. The topological polar surface area (TPSA) is 119 Å². The Morgan fingerprint density at radius 3 is 2.60 bits per heavy atom. The summed E-state index contributed by atoms with van der Waals surface area (Å²) in [6.45, 7) is 5.73. The molecule has 0 aliphatic rings. The SMILES string of the molecule is Cc1cc(C)nc(Nc2nc(CC(=O)NCc3nc(C)no3)cs2)n1. The van der Waals surface area contributed by atoms with Crippen molar-refractivity contribution in [2.75, 3.05) is 5.32 Å². The maximum Gasteiger partial charge on any atom is 0.246 e. The van der Waals surface area contributed by atoms with E-state index in [-0.39, 0.29) is 18.9 Å². The van der Waals surface area contributed by atoms with E-state index >= 15 is 0 Å². The highest BCUT2D eigenvalue weighted by Crippen LogP contribution is 2.19. The van der Waals surface area contributed by atoms with Crippen molar-refractivity contribution < 1.29 is 9.32 Å². The number of aryl methyl sites for hydroxylation is 3. The molecule has 1 amide bonds. The fraction of sp³-hybridized carbons (Fsp3) is 0.333. The van der Waals surface area contributed by atoms with Crippen LogP contribution >= 0.6 is 11.3 Å². The zero-order valence-electron chi connectivity index (χ0n) is 14.0. The molecule has 0 unspecified atom stereocenters. The Hall–Kier alpha value is -2.88.